The summed E-state index contributed by atoms with van der Waals surface area (Å²) >= 11 is 3.52. The van der Waals surface area contributed by atoms with E-state index in [1.165, 1.54) is 21.4 Å². The largest absolute Gasteiger partial charge is 0.274 e. The van der Waals surface area contributed by atoms with Gasteiger partial charge in [0.1, 0.15) is 4.90 Å². The van der Waals surface area contributed by atoms with E-state index in [2.05, 4.69) is 34.9 Å². The van der Waals surface area contributed by atoms with Crippen molar-refractivity contribution in [2.24, 2.45) is 7.05 Å². The summed E-state index contributed by atoms with van der Waals surface area (Å²) in [5, 5.41) is 3.99. The molecule has 1 aromatic heterocycles. The highest BCUT2D eigenvalue weighted by molar-refractivity contribution is 9.10. The minimum atomic E-state index is -3.62. The van der Waals surface area contributed by atoms with Crippen LogP contribution in [-0.4, -0.2) is 24.7 Å². The van der Waals surface area contributed by atoms with Crippen LogP contribution in [0.1, 0.15) is 25.0 Å². The third kappa shape index (κ3) is 2.18. The lowest BCUT2D eigenvalue weighted by Gasteiger charge is -2.21. The molecule has 0 saturated carbocycles. The molecule has 22 heavy (non-hydrogen) atoms. The minimum absolute atomic E-state index is 0.215. The van der Waals surface area contributed by atoms with Crippen molar-refractivity contribution in [1.82, 2.24) is 9.78 Å². The Labute approximate surface area is 139 Å². The van der Waals surface area contributed by atoms with Gasteiger partial charge in [-0.25, -0.2) is 8.42 Å². The van der Waals surface area contributed by atoms with E-state index in [9.17, 15) is 8.42 Å². The lowest BCUT2D eigenvalue weighted by atomic mass is 9.84. The van der Waals surface area contributed by atoms with Gasteiger partial charge in [-0.1, -0.05) is 19.9 Å². The fraction of sp³-hybridized carbons (Fsp3) is 0.400. The van der Waals surface area contributed by atoms with Gasteiger partial charge in [0.15, 0.2) is 0 Å². The Morgan fingerprint density at radius 1 is 1.32 bits per heavy atom. The molecule has 0 radical (unpaired) electrons. The number of aromatic nitrogens is 2. The van der Waals surface area contributed by atoms with Crippen LogP contribution in [0, 0.1) is 6.92 Å². The quantitative estimate of drug-likeness (QED) is 0.800. The third-order valence-electron chi connectivity index (χ3n) is 4.07. The summed E-state index contributed by atoms with van der Waals surface area (Å²) in [6.45, 7) is 6.59. The molecule has 1 aromatic carbocycles. The maximum atomic E-state index is 13.0. The molecule has 0 amide bonds. The number of hydrogen-bond acceptors (Lipinski definition) is 3. The number of rotatable bonds is 2. The monoisotopic (exact) mass is 383 g/mol. The fourth-order valence-electron chi connectivity index (χ4n) is 3.15. The molecule has 0 atom stereocenters. The summed E-state index contributed by atoms with van der Waals surface area (Å²) in [4.78, 5) is 0.215. The van der Waals surface area contributed by atoms with Crippen LogP contribution >= 0.6 is 15.9 Å². The van der Waals surface area contributed by atoms with Gasteiger partial charge < -0.3 is 0 Å². The number of aryl methyl sites for hydroxylation is 2. The molecule has 0 bridgehead atoms. The second-order valence-corrected chi connectivity index (χ2v) is 9.05. The third-order valence-corrected chi connectivity index (χ3v) is 6.41. The van der Waals surface area contributed by atoms with Crippen molar-refractivity contribution in [3.05, 3.63) is 40.1 Å². The van der Waals surface area contributed by atoms with E-state index in [-0.39, 0.29) is 10.3 Å². The number of halogens is 1. The van der Waals surface area contributed by atoms with Crippen LogP contribution in [0.2, 0.25) is 0 Å². The molecule has 0 N–H and O–H groups in total. The number of nitrogens with zero attached hydrogens (tertiary/aromatic N) is 3. The van der Waals surface area contributed by atoms with Crippen molar-refractivity contribution in [2.45, 2.75) is 31.1 Å². The number of sulfonamides is 1. The van der Waals surface area contributed by atoms with Crippen molar-refractivity contribution in [2.75, 3.05) is 10.8 Å². The molecular weight excluding hydrogens is 366 g/mol. The van der Waals surface area contributed by atoms with Gasteiger partial charge in [0, 0.05) is 29.7 Å². The van der Waals surface area contributed by atoms with Gasteiger partial charge in [-0.15, -0.1) is 0 Å². The Hall–Kier alpha value is -1.34. The average molecular weight is 384 g/mol. The van der Waals surface area contributed by atoms with Crippen LogP contribution in [0.4, 0.5) is 5.69 Å². The van der Waals surface area contributed by atoms with Crippen molar-refractivity contribution < 1.29 is 8.42 Å². The lowest BCUT2D eigenvalue weighted by Crippen LogP contribution is -2.34. The molecule has 2 heterocycles. The highest BCUT2D eigenvalue weighted by Gasteiger charge is 2.43. The van der Waals surface area contributed by atoms with Crippen LogP contribution in [0.25, 0.3) is 0 Å². The number of benzene rings is 1. The second-order valence-electron chi connectivity index (χ2n) is 6.33. The van der Waals surface area contributed by atoms with E-state index in [0.717, 1.165) is 21.3 Å². The first kappa shape index (κ1) is 15.6. The molecule has 118 valence electrons. The van der Waals surface area contributed by atoms with Gasteiger partial charge in [0.25, 0.3) is 10.0 Å². The Kier molecular flexibility index (Phi) is 3.41. The summed E-state index contributed by atoms with van der Waals surface area (Å²) in [7, 11) is -1.91. The first-order valence-electron chi connectivity index (χ1n) is 6.95. The highest BCUT2D eigenvalue weighted by Crippen LogP contribution is 2.48. The molecular formula is C15H18BrN3O2S. The lowest BCUT2D eigenvalue weighted by molar-refractivity contribution is 0.553. The fourth-order valence-corrected chi connectivity index (χ4v) is 5.45. The summed E-state index contributed by atoms with van der Waals surface area (Å²) in [6.07, 6.45) is 2.92. The minimum Gasteiger partial charge on any atom is -0.274 e. The summed E-state index contributed by atoms with van der Waals surface area (Å²) in [6, 6.07) is 3.92. The SMILES string of the molecule is Cc1ccc(Br)c2c1C(C)(C)CN2S(=O)(=O)c1cnn(C)c1. The van der Waals surface area contributed by atoms with E-state index < -0.39 is 10.0 Å². The first-order valence-corrected chi connectivity index (χ1v) is 9.19. The Balaban J connectivity index is 2.23. The highest BCUT2D eigenvalue weighted by atomic mass is 79.9. The second kappa shape index (κ2) is 4.83. The van der Waals surface area contributed by atoms with Crippen molar-refractivity contribution in [1.29, 1.82) is 0 Å². The van der Waals surface area contributed by atoms with E-state index in [1.807, 2.05) is 19.1 Å². The van der Waals surface area contributed by atoms with Crippen molar-refractivity contribution in [3.63, 3.8) is 0 Å². The molecule has 0 unspecified atom stereocenters. The molecule has 1 aliphatic rings. The van der Waals surface area contributed by atoms with E-state index in [0.29, 0.717) is 6.54 Å². The molecule has 0 saturated heterocycles. The zero-order chi connectivity index (χ0) is 16.3. The van der Waals surface area contributed by atoms with E-state index in [4.69, 9.17) is 0 Å². The molecule has 0 aliphatic carbocycles. The maximum Gasteiger partial charge on any atom is 0.267 e. The zero-order valence-corrected chi connectivity index (χ0v) is 15.4. The van der Waals surface area contributed by atoms with Crippen LogP contribution in [0.5, 0.6) is 0 Å². The van der Waals surface area contributed by atoms with Gasteiger partial charge >= 0.3 is 0 Å². The predicted octanol–water partition coefficient (Wildman–Crippen LogP) is 2.98. The molecule has 1 aliphatic heterocycles. The first-order chi connectivity index (χ1) is 10.1. The standard InChI is InChI=1S/C15H18BrN3O2S/c1-10-5-6-12(16)14-13(10)15(2,3)9-19(14)22(20,21)11-7-17-18(4)8-11/h5-8H,9H2,1-4H3. The topological polar surface area (TPSA) is 55.2 Å². The van der Waals surface area contributed by atoms with Gasteiger partial charge in [0.2, 0.25) is 0 Å². The molecule has 5 nitrogen and oxygen atoms in total. The molecule has 0 fully saturated rings. The van der Waals surface area contributed by atoms with Crippen LogP contribution in [0.15, 0.2) is 33.9 Å². The smallest absolute Gasteiger partial charge is 0.267 e. The van der Waals surface area contributed by atoms with Gasteiger partial charge in [-0.05, 0) is 40.0 Å². The number of anilines is 1. The Morgan fingerprint density at radius 3 is 2.59 bits per heavy atom. The maximum absolute atomic E-state index is 13.0. The van der Waals surface area contributed by atoms with Gasteiger partial charge in [0.05, 0.1) is 11.9 Å². The summed E-state index contributed by atoms with van der Waals surface area (Å²) in [5.74, 6) is 0. The Morgan fingerprint density at radius 2 is 2.00 bits per heavy atom. The molecule has 7 heteroatoms. The number of hydrogen-bond donors (Lipinski definition) is 0. The molecule has 3 rings (SSSR count). The van der Waals surface area contributed by atoms with E-state index in [1.54, 1.807) is 7.05 Å². The molecule has 0 spiro atoms. The van der Waals surface area contributed by atoms with Gasteiger partial charge in [-0.3, -0.25) is 8.99 Å². The summed E-state index contributed by atoms with van der Waals surface area (Å²) in [5.41, 5.74) is 2.69. The van der Waals surface area contributed by atoms with Crippen molar-refractivity contribution >= 4 is 31.6 Å². The Bertz CT molecular complexity index is 856. The van der Waals surface area contributed by atoms with Crippen LogP contribution in [0.3, 0.4) is 0 Å². The predicted molar refractivity (Wildman–Crippen MR) is 89.6 cm³/mol. The van der Waals surface area contributed by atoms with E-state index >= 15 is 0 Å². The van der Waals surface area contributed by atoms with Crippen molar-refractivity contribution in [3.8, 4) is 0 Å². The van der Waals surface area contributed by atoms with Crippen LogP contribution in [-0.2, 0) is 22.5 Å². The normalized spacial score (nSPS) is 16.9. The average Bonchev–Trinajstić information content (AvgIpc) is 2.97. The summed E-state index contributed by atoms with van der Waals surface area (Å²) < 4.78 is 29.8. The molecule has 2 aromatic rings. The number of fused-ring (bicyclic) bond motifs is 1. The van der Waals surface area contributed by atoms with Gasteiger partial charge in [-0.2, -0.15) is 5.10 Å². The van der Waals surface area contributed by atoms with Crippen LogP contribution < -0.4 is 4.31 Å². The zero-order valence-electron chi connectivity index (χ0n) is 13.0.